The van der Waals surface area contributed by atoms with E-state index in [1.165, 1.54) is 64.2 Å². The number of aliphatic hydroxyl groups is 5. The Morgan fingerprint density at radius 3 is 1.51 bits per heavy atom. The van der Waals surface area contributed by atoms with E-state index in [-0.39, 0.29) is 12.8 Å². The minimum Gasteiger partial charge on any atom is -0.462 e. The first-order chi connectivity index (χ1) is 24.4. The third-order valence-corrected chi connectivity index (χ3v) is 10.1. The van der Waals surface area contributed by atoms with Crippen LogP contribution in [0.2, 0.25) is 0 Å². The van der Waals surface area contributed by atoms with Gasteiger partial charge >= 0.3 is 19.8 Å². The highest BCUT2D eigenvalue weighted by Gasteiger charge is 2.51. The number of rotatable bonds is 31. The number of aliphatic hydroxyl groups excluding tert-OH is 5. The van der Waals surface area contributed by atoms with E-state index in [1.54, 1.807) is 0 Å². The van der Waals surface area contributed by atoms with Crippen molar-refractivity contribution in [2.24, 2.45) is 0 Å². The molecule has 13 nitrogen and oxygen atoms in total. The van der Waals surface area contributed by atoms with Gasteiger partial charge in [0.1, 0.15) is 43.2 Å². The van der Waals surface area contributed by atoms with Crippen molar-refractivity contribution in [1.29, 1.82) is 0 Å². The lowest BCUT2D eigenvalue weighted by atomic mass is 9.85. The number of allylic oxidation sites excluding steroid dienone is 2. The van der Waals surface area contributed by atoms with E-state index in [0.29, 0.717) is 12.8 Å². The number of esters is 2. The van der Waals surface area contributed by atoms with Gasteiger partial charge in [0.25, 0.3) is 0 Å². The minimum absolute atomic E-state index is 0.0941. The molecule has 6 N–H and O–H groups in total. The highest BCUT2D eigenvalue weighted by molar-refractivity contribution is 7.47. The van der Waals surface area contributed by atoms with Gasteiger partial charge in [-0.15, -0.1) is 0 Å². The zero-order valence-corrected chi connectivity index (χ0v) is 32.0. The van der Waals surface area contributed by atoms with Crippen LogP contribution in [0, 0.1) is 0 Å². The summed E-state index contributed by atoms with van der Waals surface area (Å²) >= 11 is 0. The van der Waals surface area contributed by atoms with Gasteiger partial charge in [0, 0.05) is 12.8 Å². The van der Waals surface area contributed by atoms with Crippen LogP contribution in [-0.2, 0) is 32.7 Å². The predicted octanol–water partition coefficient (Wildman–Crippen LogP) is 5.94. The largest absolute Gasteiger partial charge is 0.472 e. The van der Waals surface area contributed by atoms with Crippen molar-refractivity contribution < 1.29 is 63.1 Å². The Hall–Kier alpha value is -1.41. The summed E-state index contributed by atoms with van der Waals surface area (Å²) in [5.74, 6) is -1.12. The topological polar surface area (TPSA) is 210 Å². The van der Waals surface area contributed by atoms with Gasteiger partial charge in [0.15, 0.2) is 6.10 Å². The number of hydrogen-bond acceptors (Lipinski definition) is 12. The molecule has 300 valence electrons. The average molecular weight is 753 g/mol. The molecule has 0 spiro atoms. The van der Waals surface area contributed by atoms with Gasteiger partial charge in [-0.3, -0.25) is 18.6 Å². The molecule has 6 atom stereocenters. The molecule has 1 fully saturated rings. The maximum absolute atomic E-state index is 12.7. The van der Waals surface area contributed by atoms with Gasteiger partial charge in [-0.1, -0.05) is 116 Å². The fourth-order valence-electron chi connectivity index (χ4n) is 5.87. The van der Waals surface area contributed by atoms with Crippen LogP contribution in [0.5, 0.6) is 0 Å². The molecule has 51 heavy (non-hydrogen) atoms. The Balaban J connectivity index is 2.41. The molecular formula is C37H69O13P. The number of carbonyl (C=O) groups is 2. The molecule has 0 heterocycles. The first-order valence-electron chi connectivity index (χ1n) is 19.5. The zero-order valence-electron chi connectivity index (χ0n) is 31.2. The third-order valence-electron chi connectivity index (χ3n) is 9.11. The lowest BCUT2D eigenvalue weighted by Gasteiger charge is -2.41. The maximum atomic E-state index is 12.7. The SMILES string of the molecule is CCCCCCCCC/C=C\CCCCCCCCCC(=O)OC(COC(=O)CCCCCC)COP(=O)(O)OC1C(O)C(O)C(O)C(O)C1O. The van der Waals surface area contributed by atoms with Gasteiger partial charge < -0.3 is 39.9 Å². The number of phosphoric ester groups is 1. The van der Waals surface area contributed by atoms with Crippen LogP contribution >= 0.6 is 7.82 Å². The molecule has 0 aliphatic heterocycles. The second-order valence-corrected chi connectivity index (χ2v) is 15.2. The Bertz CT molecular complexity index is 964. The molecule has 0 bridgehead atoms. The maximum Gasteiger partial charge on any atom is 0.472 e. The monoisotopic (exact) mass is 752 g/mol. The molecule has 6 unspecified atom stereocenters. The molecular weight excluding hydrogens is 683 g/mol. The third kappa shape index (κ3) is 22.4. The Labute approximate surface area is 305 Å². The predicted molar refractivity (Wildman–Crippen MR) is 194 cm³/mol. The van der Waals surface area contributed by atoms with Crippen molar-refractivity contribution in [2.75, 3.05) is 13.2 Å². The number of hydrogen-bond donors (Lipinski definition) is 6. The van der Waals surface area contributed by atoms with Gasteiger partial charge in [-0.2, -0.15) is 0 Å². The van der Waals surface area contributed by atoms with Gasteiger partial charge in [-0.25, -0.2) is 4.57 Å². The van der Waals surface area contributed by atoms with E-state index in [2.05, 4.69) is 19.1 Å². The molecule has 1 aliphatic rings. The number of phosphoric acid groups is 1. The van der Waals surface area contributed by atoms with Gasteiger partial charge in [-0.05, 0) is 38.5 Å². The molecule has 0 aromatic heterocycles. The van der Waals surface area contributed by atoms with Crippen molar-refractivity contribution in [3.05, 3.63) is 12.2 Å². The van der Waals surface area contributed by atoms with Crippen molar-refractivity contribution in [2.45, 2.75) is 198 Å². The molecule has 0 aromatic carbocycles. The van der Waals surface area contributed by atoms with Crippen LogP contribution in [-0.4, -0.2) is 98.3 Å². The van der Waals surface area contributed by atoms with E-state index in [0.717, 1.165) is 51.4 Å². The van der Waals surface area contributed by atoms with Crippen molar-refractivity contribution in [3.8, 4) is 0 Å². The lowest BCUT2D eigenvalue weighted by Crippen LogP contribution is -2.64. The standard InChI is InChI=1S/C37H69O13P/c1-3-5-7-9-10-11-12-13-14-15-16-17-18-19-20-21-22-24-26-31(39)49-29(27-47-30(38)25-23-8-6-4-2)28-48-51(45,46)50-37-35(43)33(41)32(40)34(42)36(37)44/h14-15,29,32-37,40-44H,3-13,16-28H2,1-2H3,(H,45,46)/b15-14-. The molecule has 0 amide bonds. The summed E-state index contributed by atoms with van der Waals surface area (Å²) < 4.78 is 33.1. The van der Waals surface area contributed by atoms with Crippen LogP contribution in [0.15, 0.2) is 12.2 Å². The first kappa shape index (κ1) is 47.6. The van der Waals surface area contributed by atoms with Crippen molar-refractivity contribution >= 4 is 19.8 Å². The summed E-state index contributed by atoms with van der Waals surface area (Å²) in [4.78, 5) is 35.1. The minimum atomic E-state index is -5.09. The van der Waals surface area contributed by atoms with E-state index >= 15 is 0 Å². The van der Waals surface area contributed by atoms with Gasteiger partial charge in [0.05, 0.1) is 6.61 Å². The van der Waals surface area contributed by atoms with Crippen molar-refractivity contribution in [3.63, 3.8) is 0 Å². The van der Waals surface area contributed by atoms with Crippen molar-refractivity contribution in [1.82, 2.24) is 0 Å². The van der Waals surface area contributed by atoms with E-state index in [9.17, 15) is 44.6 Å². The Morgan fingerprint density at radius 1 is 0.588 bits per heavy atom. The summed E-state index contributed by atoms with van der Waals surface area (Å²) in [7, 11) is -5.09. The van der Waals surface area contributed by atoms with E-state index in [1.807, 2.05) is 6.92 Å². The molecule has 1 aliphatic carbocycles. The quantitative estimate of drug-likeness (QED) is 0.0210. The zero-order chi connectivity index (χ0) is 37.9. The second kappa shape index (κ2) is 29.0. The van der Waals surface area contributed by atoms with Crippen LogP contribution in [0.3, 0.4) is 0 Å². The highest BCUT2D eigenvalue weighted by atomic mass is 31.2. The Kier molecular flexibility index (Phi) is 27.1. The van der Waals surface area contributed by atoms with Crippen LogP contribution in [0.4, 0.5) is 0 Å². The molecule has 0 aromatic rings. The fraction of sp³-hybridized carbons (Fsp3) is 0.892. The molecule has 0 radical (unpaired) electrons. The van der Waals surface area contributed by atoms with E-state index in [4.69, 9.17) is 18.5 Å². The highest BCUT2D eigenvalue weighted by Crippen LogP contribution is 2.47. The fourth-order valence-corrected chi connectivity index (χ4v) is 6.84. The molecule has 1 rings (SSSR count). The first-order valence-corrected chi connectivity index (χ1v) is 21.0. The van der Waals surface area contributed by atoms with Gasteiger partial charge in [0.2, 0.25) is 0 Å². The summed E-state index contributed by atoms with van der Waals surface area (Å²) in [6, 6.07) is 0. The van der Waals surface area contributed by atoms with E-state index < -0.39 is 75.7 Å². The molecule has 14 heteroatoms. The van der Waals surface area contributed by atoms with Crippen LogP contribution < -0.4 is 0 Å². The number of carbonyl (C=O) groups excluding carboxylic acids is 2. The smallest absolute Gasteiger partial charge is 0.462 e. The number of ether oxygens (including phenoxy) is 2. The second-order valence-electron chi connectivity index (χ2n) is 13.8. The molecule has 0 saturated heterocycles. The normalized spacial score (nSPS) is 24.0. The summed E-state index contributed by atoms with van der Waals surface area (Å²) in [5.41, 5.74) is 0. The van der Waals surface area contributed by atoms with Crippen LogP contribution in [0.25, 0.3) is 0 Å². The van der Waals surface area contributed by atoms with Crippen LogP contribution in [0.1, 0.15) is 155 Å². The lowest BCUT2D eigenvalue weighted by molar-refractivity contribution is -0.220. The Morgan fingerprint density at radius 2 is 1.00 bits per heavy atom. The average Bonchev–Trinajstić information content (AvgIpc) is 3.10. The summed E-state index contributed by atoms with van der Waals surface area (Å²) in [6.07, 6.45) is 13.7. The molecule has 1 saturated carbocycles. The summed E-state index contributed by atoms with van der Waals surface area (Å²) in [6.45, 7) is 3.11. The summed E-state index contributed by atoms with van der Waals surface area (Å²) in [5, 5.41) is 49.7. The number of unbranched alkanes of at least 4 members (excludes halogenated alkanes) is 17.